The van der Waals surface area contributed by atoms with Crippen LogP contribution in [0.4, 0.5) is 10.7 Å². The smallest absolute Gasteiger partial charge is 0.265 e. The van der Waals surface area contributed by atoms with Crippen LogP contribution in [0, 0.1) is 0 Å². The molecule has 0 atom stereocenters. The molecule has 1 aromatic carbocycles. The van der Waals surface area contributed by atoms with Gasteiger partial charge in [0.1, 0.15) is 4.90 Å². The van der Waals surface area contributed by atoms with E-state index in [1.165, 1.54) is 21.7 Å². The van der Waals surface area contributed by atoms with Crippen molar-refractivity contribution in [1.82, 2.24) is 0 Å². The summed E-state index contributed by atoms with van der Waals surface area (Å²) >= 11 is 1.25. The Balaban J connectivity index is 2.08. The summed E-state index contributed by atoms with van der Waals surface area (Å²) in [6, 6.07) is 9.18. The van der Waals surface area contributed by atoms with Gasteiger partial charge in [-0.2, -0.15) is 0 Å². The lowest BCUT2D eigenvalue weighted by Crippen LogP contribution is -2.35. The van der Waals surface area contributed by atoms with E-state index >= 15 is 0 Å². The van der Waals surface area contributed by atoms with E-state index in [2.05, 4.69) is 0 Å². The van der Waals surface area contributed by atoms with Gasteiger partial charge in [-0.3, -0.25) is 4.31 Å². The quantitative estimate of drug-likeness (QED) is 0.925. The van der Waals surface area contributed by atoms with Crippen molar-refractivity contribution in [1.29, 1.82) is 0 Å². The van der Waals surface area contributed by atoms with Crippen LogP contribution in [-0.2, 0) is 16.4 Å². The largest absolute Gasteiger partial charge is 0.391 e. The number of hydrogen-bond donors (Lipinski definition) is 1. The van der Waals surface area contributed by atoms with E-state index in [0.29, 0.717) is 11.5 Å². The van der Waals surface area contributed by atoms with Crippen molar-refractivity contribution in [3.8, 4) is 0 Å². The fourth-order valence-corrected chi connectivity index (χ4v) is 4.90. The molecule has 1 aliphatic heterocycles. The van der Waals surface area contributed by atoms with Crippen LogP contribution in [0.15, 0.2) is 40.6 Å². The van der Waals surface area contributed by atoms with E-state index in [1.54, 1.807) is 5.38 Å². The highest BCUT2D eigenvalue weighted by Crippen LogP contribution is 2.33. The van der Waals surface area contributed by atoms with Crippen LogP contribution in [-0.4, -0.2) is 15.0 Å². The summed E-state index contributed by atoms with van der Waals surface area (Å²) in [6.07, 6.45) is 1.77. The van der Waals surface area contributed by atoms with Crippen molar-refractivity contribution in [3.63, 3.8) is 0 Å². The maximum Gasteiger partial charge on any atom is 0.265 e. The Labute approximate surface area is 116 Å². The van der Waals surface area contributed by atoms with Crippen LogP contribution in [0.3, 0.4) is 0 Å². The van der Waals surface area contributed by atoms with Gasteiger partial charge in [-0.1, -0.05) is 18.2 Å². The molecule has 1 aliphatic rings. The Bertz CT molecular complexity index is 707. The first-order chi connectivity index (χ1) is 9.09. The van der Waals surface area contributed by atoms with Crippen molar-refractivity contribution < 1.29 is 8.42 Å². The lowest BCUT2D eigenvalue weighted by molar-refractivity contribution is 0.587. The fraction of sp³-hybridized carbons (Fsp3) is 0.231. The van der Waals surface area contributed by atoms with Gasteiger partial charge in [0.05, 0.1) is 10.7 Å². The second kappa shape index (κ2) is 4.54. The fourth-order valence-electron chi connectivity index (χ4n) is 2.35. The van der Waals surface area contributed by atoms with Gasteiger partial charge in [0.2, 0.25) is 0 Å². The number of fused-ring (bicyclic) bond motifs is 1. The van der Waals surface area contributed by atoms with Gasteiger partial charge >= 0.3 is 0 Å². The molecule has 100 valence electrons. The Kier molecular flexibility index (Phi) is 2.99. The van der Waals surface area contributed by atoms with Crippen LogP contribution in [0.2, 0.25) is 0 Å². The molecule has 6 heteroatoms. The molecular formula is C13H14N2O2S2. The molecule has 0 spiro atoms. The molecule has 0 saturated carbocycles. The van der Waals surface area contributed by atoms with Crippen molar-refractivity contribution >= 4 is 32.0 Å². The molecule has 2 aromatic rings. The maximum atomic E-state index is 12.6. The van der Waals surface area contributed by atoms with Gasteiger partial charge in [-0.25, -0.2) is 8.42 Å². The number of nitrogens with two attached hydrogens (primary N) is 1. The number of thiophene rings is 1. The highest BCUT2D eigenvalue weighted by Gasteiger charge is 2.29. The molecule has 0 bridgehead atoms. The Morgan fingerprint density at radius 1 is 1.26 bits per heavy atom. The SMILES string of the molecule is Nc1cc(S(=O)(=O)N2CCCc3ccccc32)cs1. The molecule has 0 fully saturated rings. The van der Waals surface area contributed by atoms with Crippen molar-refractivity contribution in [2.45, 2.75) is 17.7 Å². The molecule has 19 heavy (non-hydrogen) atoms. The number of benzene rings is 1. The number of nitrogens with zero attached hydrogens (tertiary/aromatic N) is 1. The summed E-state index contributed by atoms with van der Waals surface area (Å²) in [7, 11) is -3.49. The van der Waals surface area contributed by atoms with E-state index in [1.807, 2.05) is 24.3 Å². The van der Waals surface area contributed by atoms with Crippen molar-refractivity contribution in [2.24, 2.45) is 0 Å². The summed E-state index contributed by atoms with van der Waals surface area (Å²) < 4.78 is 26.8. The summed E-state index contributed by atoms with van der Waals surface area (Å²) in [6.45, 7) is 0.523. The number of rotatable bonds is 2. The molecule has 0 saturated heterocycles. The van der Waals surface area contributed by atoms with E-state index in [9.17, 15) is 8.42 Å². The van der Waals surface area contributed by atoms with Gasteiger partial charge in [-0.15, -0.1) is 11.3 Å². The zero-order chi connectivity index (χ0) is 13.5. The van der Waals surface area contributed by atoms with Gasteiger partial charge in [0.15, 0.2) is 0 Å². The first kappa shape index (κ1) is 12.5. The standard InChI is InChI=1S/C13H14N2O2S2/c14-13-8-11(9-18-13)19(16,17)15-7-3-5-10-4-1-2-6-12(10)15/h1-2,4,6,8-9H,3,5,7,14H2. The molecule has 2 heterocycles. The predicted molar refractivity (Wildman–Crippen MR) is 78.0 cm³/mol. The second-order valence-corrected chi connectivity index (χ2v) is 7.30. The van der Waals surface area contributed by atoms with Crippen LogP contribution in [0.5, 0.6) is 0 Å². The van der Waals surface area contributed by atoms with Crippen molar-refractivity contribution in [2.75, 3.05) is 16.6 Å². The van der Waals surface area contributed by atoms with Crippen LogP contribution in [0.1, 0.15) is 12.0 Å². The monoisotopic (exact) mass is 294 g/mol. The Morgan fingerprint density at radius 2 is 2.05 bits per heavy atom. The van der Waals surface area contributed by atoms with Gasteiger partial charge in [0, 0.05) is 11.9 Å². The molecule has 0 aliphatic carbocycles. The molecule has 2 N–H and O–H groups in total. The summed E-state index contributed by atoms with van der Waals surface area (Å²) in [5.74, 6) is 0. The van der Waals surface area contributed by atoms with E-state index in [-0.39, 0.29) is 4.90 Å². The molecule has 1 aromatic heterocycles. The lowest BCUT2D eigenvalue weighted by atomic mass is 10.0. The third-order valence-electron chi connectivity index (χ3n) is 3.25. The Hall–Kier alpha value is -1.53. The molecule has 4 nitrogen and oxygen atoms in total. The number of aryl methyl sites for hydroxylation is 1. The van der Waals surface area contributed by atoms with Crippen LogP contribution < -0.4 is 10.0 Å². The zero-order valence-electron chi connectivity index (χ0n) is 10.2. The number of para-hydroxylation sites is 1. The van der Waals surface area contributed by atoms with Crippen LogP contribution in [0.25, 0.3) is 0 Å². The summed E-state index contributed by atoms with van der Waals surface area (Å²) in [5.41, 5.74) is 7.51. The van der Waals surface area contributed by atoms with Gasteiger partial charge < -0.3 is 5.73 Å². The molecule has 3 rings (SSSR count). The highest BCUT2D eigenvalue weighted by atomic mass is 32.2. The average molecular weight is 294 g/mol. The van der Waals surface area contributed by atoms with Crippen molar-refractivity contribution in [3.05, 3.63) is 41.3 Å². The molecular weight excluding hydrogens is 280 g/mol. The number of anilines is 2. The first-order valence-electron chi connectivity index (χ1n) is 6.04. The van der Waals surface area contributed by atoms with E-state index in [4.69, 9.17) is 5.73 Å². The number of nitrogen functional groups attached to an aromatic ring is 1. The third-order valence-corrected chi connectivity index (χ3v) is 5.95. The maximum absolute atomic E-state index is 12.6. The molecule has 0 amide bonds. The number of hydrogen-bond acceptors (Lipinski definition) is 4. The first-order valence-corrected chi connectivity index (χ1v) is 8.36. The minimum Gasteiger partial charge on any atom is -0.391 e. The summed E-state index contributed by atoms with van der Waals surface area (Å²) in [4.78, 5) is 0.284. The predicted octanol–water partition coefficient (Wildman–Crippen LogP) is 2.47. The van der Waals surface area contributed by atoms with Gasteiger partial charge in [-0.05, 0) is 30.5 Å². The van der Waals surface area contributed by atoms with E-state index in [0.717, 1.165) is 24.1 Å². The molecule has 0 radical (unpaired) electrons. The van der Waals surface area contributed by atoms with Crippen LogP contribution >= 0.6 is 11.3 Å². The Morgan fingerprint density at radius 3 is 2.79 bits per heavy atom. The number of sulfonamides is 1. The lowest BCUT2D eigenvalue weighted by Gasteiger charge is -2.30. The second-order valence-electron chi connectivity index (χ2n) is 4.49. The average Bonchev–Trinajstić information content (AvgIpc) is 2.85. The minimum absolute atomic E-state index is 0.284. The highest BCUT2D eigenvalue weighted by molar-refractivity contribution is 7.93. The van der Waals surface area contributed by atoms with E-state index < -0.39 is 10.0 Å². The normalized spacial score (nSPS) is 15.3. The molecule has 0 unspecified atom stereocenters. The topological polar surface area (TPSA) is 63.4 Å². The van der Waals surface area contributed by atoms with Gasteiger partial charge in [0.25, 0.3) is 10.0 Å². The zero-order valence-corrected chi connectivity index (χ0v) is 11.9. The third kappa shape index (κ3) is 2.11. The minimum atomic E-state index is -3.49. The summed E-state index contributed by atoms with van der Waals surface area (Å²) in [5, 5.41) is 2.12.